The van der Waals surface area contributed by atoms with Crippen molar-refractivity contribution >= 4 is 11.6 Å². The molecule has 6 heteroatoms. The molecule has 0 bridgehead atoms. The standard InChI is InChI=1S/C20H17N5O/c26-20(17-6-1-4-15(10-17)13-25-9-3-8-23-25)24-18-7-2-5-16(11-18)19-12-21-14-22-19/h1-12,14H,13H2,(H,21,22)(H,24,26). The minimum absolute atomic E-state index is 0.144. The Labute approximate surface area is 150 Å². The molecule has 2 heterocycles. The van der Waals surface area contributed by atoms with Gasteiger partial charge >= 0.3 is 0 Å². The predicted octanol–water partition coefficient (Wildman–Crippen LogP) is 3.57. The van der Waals surface area contributed by atoms with Crippen LogP contribution in [0.3, 0.4) is 0 Å². The highest BCUT2D eigenvalue weighted by atomic mass is 16.1. The molecular weight excluding hydrogens is 326 g/mol. The smallest absolute Gasteiger partial charge is 0.255 e. The molecule has 0 aliphatic carbocycles. The van der Waals surface area contributed by atoms with E-state index >= 15 is 0 Å². The third-order valence-electron chi connectivity index (χ3n) is 4.02. The van der Waals surface area contributed by atoms with Crippen LogP contribution in [0.25, 0.3) is 11.3 Å². The number of nitrogens with zero attached hydrogens (tertiary/aromatic N) is 3. The van der Waals surface area contributed by atoms with Gasteiger partial charge in [-0.3, -0.25) is 9.48 Å². The average Bonchev–Trinajstić information content (AvgIpc) is 3.36. The number of hydrogen-bond donors (Lipinski definition) is 2. The van der Waals surface area contributed by atoms with E-state index in [1.165, 1.54) is 0 Å². The number of H-pyrrole nitrogens is 1. The minimum atomic E-state index is -0.144. The summed E-state index contributed by atoms with van der Waals surface area (Å²) in [6.07, 6.45) is 7.02. The maximum atomic E-state index is 12.6. The van der Waals surface area contributed by atoms with Crippen LogP contribution in [0.1, 0.15) is 15.9 Å². The van der Waals surface area contributed by atoms with E-state index in [2.05, 4.69) is 20.4 Å². The fourth-order valence-electron chi connectivity index (χ4n) is 2.77. The molecular formula is C20H17N5O. The number of hydrogen-bond acceptors (Lipinski definition) is 3. The van der Waals surface area contributed by atoms with E-state index in [1.54, 1.807) is 24.8 Å². The molecule has 0 atom stereocenters. The summed E-state index contributed by atoms with van der Waals surface area (Å²) < 4.78 is 1.82. The van der Waals surface area contributed by atoms with E-state index in [1.807, 2.05) is 59.4 Å². The van der Waals surface area contributed by atoms with Crippen LogP contribution >= 0.6 is 0 Å². The quantitative estimate of drug-likeness (QED) is 0.582. The highest BCUT2D eigenvalue weighted by Crippen LogP contribution is 2.20. The van der Waals surface area contributed by atoms with Crippen molar-refractivity contribution in [1.29, 1.82) is 0 Å². The molecule has 2 aromatic heterocycles. The van der Waals surface area contributed by atoms with Gasteiger partial charge in [0, 0.05) is 29.2 Å². The molecule has 1 amide bonds. The van der Waals surface area contributed by atoms with Gasteiger partial charge in [-0.1, -0.05) is 24.3 Å². The zero-order valence-corrected chi connectivity index (χ0v) is 14.0. The summed E-state index contributed by atoms with van der Waals surface area (Å²) in [6.45, 7) is 0.628. The van der Waals surface area contributed by atoms with Gasteiger partial charge in [-0.05, 0) is 35.9 Å². The van der Waals surface area contributed by atoms with Gasteiger partial charge in [0.15, 0.2) is 0 Å². The zero-order chi connectivity index (χ0) is 17.8. The number of imidazole rings is 1. The van der Waals surface area contributed by atoms with Gasteiger partial charge in [-0.15, -0.1) is 0 Å². The first kappa shape index (κ1) is 15.8. The number of benzene rings is 2. The molecule has 0 saturated carbocycles. The van der Waals surface area contributed by atoms with Gasteiger partial charge in [-0.2, -0.15) is 5.10 Å². The number of aromatic amines is 1. The molecule has 0 aliphatic rings. The first-order valence-electron chi connectivity index (χ1n) is 8.24. The zero-order valence-electron chi connectivity index (χ0n) is 14.0. The van der Waals surface area contributed by atoms with Crippen LogP contribution in [0, 0.1) is 0 Å². The molecule has 0 spiro atoms. The Hall–Kier alpha value is -3.67. The highest BCUT2D eigenvalue weighted by molar-refractivity contribution is 6.04. The van der Waals surface area contributed by atoms with E-state index < -0.39 is 0 Å². The molecule has 0 fully saturated rings. The Morgan fingerprint density at radius 3 is 2.85 bits per heavy atom. The molecule has 2 N–H and O–H groups in total. The molecule has 128 valence electrons. The second-order valence-corrected chi connectivity index (χ2v) is 5.90. The maximum Gasteiger partial charge on any atom is 0.255 e. The van der Waals surface area contributed by atoms with Crippen LogP contribution in [0.5, 0.6) is 0 Å². The molecule has 6 nitrogen and oxygen atoms in total. The highest BCUT2D eigenvalue weighted by Gasteiger charge is 2.08. The van der Waals surface area contributed by atoms with Crippen molar-refractivity contribution in [2.45, 2.75) is 6.54 Å². The SMILES string of the molecule is O=C(Nc1cccc(-c2cnc[nH]2)c1)c1cccc(Cn2cccn2)c1. The third-order valence-corrected chi connectivity index (χ3v) is 4.02. The first-order chi connectivity index (χ1) is 12.8. The van der Waals surface area contributed by atoms with Crippen molar-refractivity contribution in [3.8, 4) is 11.3 Å². The largest absolute Gasteiger partial charge is 0.345 e. The van der Waals surface area contributed by atoms with Crippen molar-refractivity contribution in [2.75, 3.05) is 5.32 Å². The summed E-state index contributed by atoms with van der Waals surface area (Å²) in [4.78, 5) is 19.7. The van der Waals surface area contributed by atoms with Crippen LogP contribution < -0.4 is 5.32 Å². The second kappa shape index (κ2) is 7.06. The molecule has 0 unspecified atom stereocenters. The summed E-state index contributed by atoms with van der Waals surface area (Å²) in [5.74, 6) is -0.144. The van der Waals surface area contributed by atoms with Crippen molar-refractivity contribution in [3.05, 3.63) is 90.6 Å². The van der Waals surface area contributed by atoms with E-state index in [0.29, 0.717) is 12.1 Å². The van der Waals surface area contributed by atoms with E-state index in [0.717, 1.165) is 22.5 Å². The second-order valence-electron chi connectivity index (χ2n) is 5.90. The van der Waals surface area contributed by atoms with Crippen LogP contribution in [0.15, 0.2) is 79.5 Å². The maximum absolute atomic E-state index is 12.6. The van der Waals surface area contributed by atoms with Crippen molar-refractivity contribution < 1.29 is 4.79 Å². The van der Waals surface area contributed by atoms with Gasteiger partial charge in [0.25, 0.3) is 5.91 Å². The number of aromatic nitrogens is 4. The number of rotatable bonds is 5. The molecule has 4 aromatic rings. The Morgan fingerprint density at radius 2 is 2.04 bits per heavy atom. The Kier molecular flexibility index (Phi) is 4.30. The summed E-state index contributed by atoms with van der Waals surface area (Å²) in [5, 5.41) is 7.15. The topological polar surface area (TPSA) is 75.6 Å². The molecule has 26 heavy (non-hydrogen) atoms. The summed E-state index contributed by atoms with van der Waals surface area (Å²) in [6, 6.07) is 17.1. The van der Waals surface area contributed by atoms with Crippen LogP contribution in [0.2, 0.25) is 0 Å². The van der Waals surface area contributed by atoms with Crippen molar-refractivity contribution in [2.24, 2.45) is 0 Å². The van der Waals surface area contributed by atoms with Crippen LogP contribution in [-0.4, -0.2) is 25.7 Å². The molecule has 2 aromatic carbocycles. The third kappa shape index (κ3) is 3.54. The normalized spacial score (nSPS) is 10.6. The lowest BCUT2D eigenvalue weighted by molar-refractivity contribution is 0.102. The Bertz CT molecular complexity index is 1010. The summed E-state index contributed by atoms with van der Waals surface area (Å²) in [7, 11) is 0. The lowest BCUT2D eigenvalue weighted by atomic mass is 10.1. The number of carbonyl (C=O) groups is 1. The molecule has 0 aliphatic heterocycles. The lowest BCUT2D eigenvalue weighted by Crippen LogP contribution is -2.12. The fraction of sp³-hybridized carbons (Fsp3) is 0.0500. The summed E-state index contributed by atoms with van der Waals surface area (Å²) in [5.41, 5.74) is 4.24. The Balaban J connectivity index is 1.51. The minimum Gasteiger partial charge on any atom is -0.345 e. The average molecular weight is 343 g/mol. The number of anilines is 1. The lowest BCUT2D eigenvalue weighted by Gasteiger charge is -2.08. The summed E-state index contributed by atoms with van der Waals surface area (Å²) >= 11 is 0. The van der Waals surface area contributed by atoms with Gasteiger partial charge in [0.2, 0.25) is 0 Å². The van der Waals surface area contributed by atoms with E-state index in [-0.39, 0.29) is 5.91 Å². The predicted molar refractivity (Wildman–Crippen MR) is 99.7 cm³/mol. The molecule has 4 rings (SSSR count). The Morgan fingerprint density at radius 1 is 1.12 bits per heavy atom. The van der Waals surface area contributed by atoms with Crippen LogP contribution in [-0.2, 0) is 6.54 Å². The number of nitrogens with one attached hydrogen (secondary N) is 2. The van der Waals surface area contributed by atoms with Gasteiger partial charge in [0.05, 0.1) is 24.8 Å². The van der Waals surface area contributed by atoms with Crippen molar-refractivity contribution in [3.63, 3.8) is 0 Å². The monoisotopic (exact) mass is 343 g/mol. The van der Waals surface area contributed by atoms with E-state index in [4.69, 9.17) is 0 Å². The first-order valence-corrected chi connectivity index (χ1v) is 8.24. The van der Waals surface area contributed by atoms with Gasteiger partial charge in [-0.25, -0.2) is 4.98 Å². The molecule has 0 saturated heterocycles. The number of amides is 1. The van der Waals surface area contributed by atoms with Crippen molar-refractivity contribution in [1.82, 2.24) is 19.7 Å². The van der Waals surface area contributed by atoms with E-state index in [9.17, 15) is 4.79 Å². The molecule has 0 radical (unpaired) electrons. The van der Waals surface area contributed by atoms with Gasteiger partial charge < -0.3 is 10.3 Å². The fourth-order valence-corrected chi connectivity index (χ4v) is 2.77. The number of carbonyl (C=O) groups excluding carboxylic acids is 1. The van der Waals surface area contributed by atoms with Gasteiger partial charge in [0.1, 0.15) is 0 Å². The van der Waals surface area contributed by atoms with Crippen LogP contribution in [0.4, 0.5) is 5.69 Å².